The maximum Gasteiger partial charge on any atom is 0.303 e. The lowest BCUT2D eigenvalue weighted by Gasteiger charge is -2.04. The van der Waals surface area contributed by atoms with Crippen LogP contribution in [0.5, 0.6) is 0 Å². The average molecular weight is 239 g/mol. The first-order valence-corrected chi connectivity index (χ1v) is 5.85. The number of carboxylic acids is 1. The third-order valence-electron chi connectivity index (χ3n) is 2.46. The summed E-state index contributed by atoms with van der Waals surface area (Å²) in [6.45, 7) is 1.48. The molecule has 4 heteroatoms. The van der Waals surface area contributed by atoms with Gasteiger partial charge in [0.1, 0.15) is 5.82 Å². The van der Waals surface area contributed by atoms with Gasteiger partial charge in [0.05, 0.1) is 0 Å². The number of nitrogens with one attached hydrogen (secondary N) is 1. The van der Waals surface area contributed by atoms with Gasteiger partial charge in [0.25, 0.3) is 0 Å². The van der Waals surface area contributed by atoms with E-state index in [-0.39, 0.29) is 12.2 Å². The molecule has 2 N–H and O–H groups in total. The predicted molar refractivity (Wildman–Crippen MR) is 64.2 cm³/mol. The zero-order valence-electron chi connectivity index (χ0n) is 9.79. The van der Waals surface area contributed by atoms with E-state index in [0.717, 1.165) is 31.4 Å². The maximum absolute atomic E-state index is 12.8. The molecule has 0 aliphatic carbocycles. The third-order valence-corrected chi connectivity index (χ3v) is 2.46. The molecule has 0 atom stereocenters. The van der Waals surface area contributed by atoms with Crippen molar-refractivity contribution in [2.45, 2.75) is 32.2 Å². The molecule has 0 radical (unpaired) electrons. The van der Waals surface area contributed by atoms with Crippen LogP contribution < -0.4 is 5.32 Å². The van der Waals surface area contributed by atoms with Crippen molar-refractivity contribution < 1.29 is 14.3 Å². The molecule has 0 aromatic heterocycles. The Morgan fingerprint density at radius 3 is 2.82 bits per heavy atom. The minimum Gasteiger partial charge on any atom is -0.481 e. The second-order valence-corrected chi connectivity index (χ2v) is 4.01. The van der Waals surface area contributed by atoms with Crippen LogP contribution >= 0.6 is 0 Å². The van der Waals surface area contributed by atoms with Crippen molar-refractivity contribution in [3.63, 3.8) is 0 Å². The summed E-state index contributed by atoms with van der Waals surface area (Å²) in [5, 5.41) is 11.6. The van der Waals surface area contributed by atoms with Crippen LogP contribution in [0.4, 0.5) is 4.39 Å². The molecule has 1 rings (SSSR count). The largest absolute Gasteiger partial charge is 0.481 e. The van der Waals surface area contributed by atoms with E-state index in [9.17, 15) is 9.18 Å². The van der Waals surface area contributed by atoms with E-state index in [1.165, 1.54) is 12.1 Å². The average Bonchev–Trinajstić information content (AvgIpc) is 2.27. The first-order chi connectivity index (χ1) is 8.18. The van der Waals surface area contributed by atoms with Crippen molar-refractivity contribution >= 4 is 5.97 Å². The first-order valence-electron chi connectivity index (χ1n) is 5.85. The predicted octanol–water partition coefficient (Wildman–Crippen LogP) is 2.56. The number of halogens is 1. The second kappa shape index (κ2) is 7.79. The molecule has 0 bridgehead atoms. The molecule has 17 heavy (non-hydrogen) atoms. The van der Waals surface area contributed by atoms with E-state index in [4.69, 9.17) is 5.11 Å². The minimum absolute atomic E-state index is 0.217. The first kappa shape index (κ1) is 13.6. The van der Waals surface area contributed by atoms with Crippen LogP contribution in [0.3, 0.4) is 0 Å². The lowest BCUT2D eigenvalue weighted by Crippen LogP contribution is -2.14. The van der Waals surface area contributed by atoms with Crippen LogP contribution in [0.15, 0.2) is 24.3 Å². The highest BCUT2D eigenvalue weighted by molar-refractivity contribution is 5.66. The Morgan fingerprint density at radius 2 is 2.12 bits per heavy atom. The van der Waals surface area contributed by atoms with Gasteiger partial charge in [0, 0.05) is 13.0 Å². The molecule has 0 spiro atoms. The van der Waals surface area contributed by atoms with Gasteiger partial charge < -0.3 is 10.4 Å². The molecule has 94 valence electrons. The fourth-order valence-electron chi connectivity index (χ4n) is 1.58. The minimum atomic E-state index is -0.738. The number of hydrogen-bond acceptors (Lipinski definition) is 2. The molecular weight excluding hydrogens is 221 g/mol. The van der Waals surface area contributed by atoms with Gasteiger partial charge in [0.15, 0.2) is 0 Å². The van der Waals surface area contributed by atoms with Crippen molar-refractivity contribution in [2.75, 3.05) is 6.54 Å². The SMILES string of the molecule is O=C(O)CCCCCNCc1cccc(F)c1. The summed E-state index contributed by atoms with van der Waals surface area (Å²) in [7, 11) is 0. The van der Waals surface area contributed by atoms with Gasteiger partial charge in [-0.3, -0.25) is 4.79 Å². The summed E-state index contributed by atoms with van der Waals surface area (Å²) >= 11 is 0. The highest BCUT2D eigenvalue weighted by Gasteiger charge is 1.97. The number of hydrogen-bond donors (Lipinski definition) is 2. The van der Waals surface area contributed by atoms with E-state index in [1.54, 1.807) is 6.07 Å². The smallest absolute Gasteiger partial charge is 0.303 e. The molecule has 0 saturated heterocycles. The van der Waals surface area contributed by atoms with E-state index in [0.29, 0.717) is 6.54 Å². The van der Waals surface area contributed by atoms with E-state index in [2.05, 4.69) is 5.32 Å². The summed E-state index contributed by atoms with van der Waals surface area (Å²) < 4.78 is 12.8. The highest BCUT2D eigenvalue weighted by atomic mass is 19.1. The number of unbranched alkanes of at least 4 members (excludes halogenated alkanes) is 2. The van der Waals surface area contributed by atoms with Gasteiger partial charge in [-0.2, -0.15) is 0 Å². The molecule has 0 heterocycles. The summed E-state index contributed by atoms with van der Waals surface area (Å²) in [5.41, 5.74) is 0.926. The van der Waals surface area contributed by atoms with Crippen LogP contribution in [0.1, 0.15) is 31.2 Å². The fraction of sp³-hybridized carbons (Fsp3) is 0.462. The van der Waals surface area contributed by atoms with Crippen molar-refractivity contribution in [2.24, 2.45) is 0 Å². The Balaban J connectivity index is 2.03. The van der Waals surface area contributed by atoms with Gasteiger partial charge in [-0.25, -0.2) is 4.39 Å². The zero-order valence-corrected chi connectivity index (χ0v) is 9.79. The molecular formula is C13H18FNO2. The highest BCUT2D eigenvalue weighted by Crippen LogP contribution is 2.03. The number of carboxylic acid groups (broad SMARTS) is 1. The van der Waals surface area contributed by atoms with Crippen LogP contribution in [0, 0.1) is 5.82 Å². The number of benzene rings is 1. The Hall–Kier alpha value is -1.42. The summed E-state index contributed by atoms with van der Waals surface area (Å²) in [4.78, 5) is 10.3. The third kappa shape index (κ3) is 6.68. The van der Waals surface area contributed by atoms with Gasteiger partial charge in [-0.15, -0.1) is 0 Å². The number of carbonyl (C=O) groups is 1. The van der Waals surface area contributed by atoms with Crippen LogP contribution in [-0.4, -0.2) is 17.6 Å². The molecule has 1 aromatic carbocycles. The lowest BCUT2D eigenvalue weighted by atomic mass is 10.2. The zero-order chi connectivity index (χ0) is 12.5. The van der Waals surface area contributed by atoms with Crippen molar-refractivity contribution in [1.29, 1.82) is 0 Å². The number of aliphatic carboxylic acids is 1. The fourth-order valence-corrected chi connectivity index (χ4v) is 1.58. The standard InChI is InChI=1S/C13H18FNO2/c14-12-6-4-5-11(9-12)10-15-8-3-1-2-7-13(16)17/h4-6,9,15H,1-3,7-8,10H2,(H,16,17). The summed E-state index contributed by atoms with van der Waals surface area (Å²) in [5.74, 6) is -0.955. The number of rotatable bonds is 8. The van der Waals surface area contributed by atoms with Crippen LogP contribution in [0.2, 0.25) is 0 Å². The van der Waals surface area contributed by atoms with Crippen molar-refractivity contribution in [3.8, 4) is 0 Å². The lowest BCUT2D eigenvalue weighted by molar-refractivity contribution is -0.137. The van der Waals surface area contributed by atoms with Gasteiger partial charge in [-0.05, 0) is 37.1 Å². The van der Waals surface area contributed by atoms with Crippen molar-refractivity contribution in [3.05, 3.63) is 35.6 Å². The normalized spacial score (nSPS) is 10.4. The monoisotopic (exact) mass is 239 g/mol. The molecule has 0 aliphatic rings. The molecule has 0 amide bonds. The Labute approximate surface area is 101 Å². The Kier molecular flexibility index (Phi) is 6.25. The van der Waals surface area contributed by atoms with E-state index < -0.39 is 5.97 Å². The topological polar surface area (TPSA) is 49.3 Å². The van der Waals surface area contributed by atoms with E-state index in [1.807, 2.05) is 6.07 Å². The molecule has 0 fully saturated rings. The van der Waals surface area contributed by atoms with Crippen LogP contribution in [-0.2, 0) is 11.3 Å². The quantitative estimate of drug-likeness (QED) is 0.685. The van der Waals surface area contributed by atoms with E-state index >= 15 is 0 Å². The molecule has 1 aromatic rings. The second-order valence-electron chi connectivity index (χ2n) is 4.01. The Morgan fingerprint density at radius 1 is 1.29 bits per heavy atom. The Bertz CT molecular complexity index is 355. The molecule has 3 nitrogen and oxygen atoms in total. The maximum atomic E-state index is 12.8. The summed E-state index contributed by atoms with van der Waals surface area (Å²) in [6, 6.07) is 6.51. The summed E-state index contributed by atoms with van der Waals surface area (Å²) in [6.07, 6.45) is 2.81. The molecule has 0 aliphatic heterocycles. The van der Waals surface area contributed by atoms with Crippen LogP contribution in [0.25, 0.3) is 0 Å². The van der Waals surface area contributed by atoms with Gasteiger partial charge in [-0.1, -0.05) is 18.6 Å². The molecule has 0 saturated carbocycles. The molecule has 0 unspecified atom stereocenters. The van der Waals surface area contributed by atoms with Gasteiger partial charge in [0.2, 0.25) is 0 Å². The van der Waals surface area contributed by atoms with Gasteiger partial charge >= 0.3 is 5.97 Å². The van der Waals surface area contributed by atoms with Crippen molar-refractivity contribution in [1.82, 2.24) is 5.32 Å².